The van der Waals surface area contributed by atoms with E-state index in [1.807, 2.05) is 24.3 Å². The maximum atomic E-state index is 12.4. The highest BCUT2D eigenvalue weighted by Crippen LogP contribution is 2.27. The molecule has 156 valence electrons. The molecule has 0 N–H and O–H groups in total. The topological polar surface area (TPSA) is 38.8 Å². The summed E-state index contributed by atoms with van der Waals surface area (Å²) in [4.78, 5) is 14.9. The van der Waals surface area contributed by atoms with Crippen LogP contribution in [0.15, 0.2) is 54.6 Å². The number of ether oxygens (including phenoxy) is 2. The highest BCUT2D eigenvalue weighted by atomic mass is 16.5. The van der Waals surface area contributed by atoms with Crippen LogP contribution in [0.3, 0.4) is 0 Å². The molecule has 0 radical (unpaired) electrons. The van der Waals surface area contributed by atoms with E-state index in [1.54, 1.807) is 0 Å². The summed E-state index contributed by atoms with van der Waals surface area (Å²) < 4.78 is 11.2. The molecule has 2 unspecified atom stereocenters. The predicted molar refractivity (Wildman–Crippen MR) is 116 cm³/mol. The average molecular weight is 396 g/mol. The number of carbonyl (C=O) groups is 1. The number of hydrogen-bond acceptors (Lipinski definition) is 4. The molecule has 1 saturated heterocycles. The number of hydrogen-bond donors (Lipinski definition) is 0. The van der Waals surface area contributed by atoms with Gasteiger partial charge >= 0.3 is 0 Å². The Kier molecular flexibility index (Phi) is 8.12. The van der Waals surface area contributed by atoms with Gasteiger partial charge < -0.3 is 9.47 Å². The van der Waals surface area contributed by atoms with Gasteiger partial charge in [-0.05, 0) is 68.5 Å². The molecule has 1 aliphatic heterocycles. The lowest BCUT2D eigenvalue weighted by molar-refractivity contribution is -0.122. The molecule has 0 spiro atoms. The van der Waals surface area contributed by atoms with E-state index in [0.717, 1.165) is 38.1 Å². The van der Waals surface area contributed by atoms with Crippen LogP contribution < -0.4 is 9.47 Å². The van der Waals surface area contributed by atoms with Crippen molar-refractivity contribution in [1.29, 1.82) is 0 Å². The third kappa shape index (κ3) is 6.90. The van der Waals surface area contributed by atoms with Crippen LogP contribution in [0.4, 0.5) is 0 Å². The van der Waals surface area contributed by atoms with E-state index in [9.17, 15) is 4.79 Å². The zero-order valence-corrected chi connectivity index (χ0v) is 17.7. The van der Waals surface area contributed by atoms with Gasteiger partial charge in [0.05, 0.1) is 6.61 Å². The Morgan fingerprint density at radius 1 is 1.03 bits per heavy atom. The predicted octanol–water partition coefficient (Wildman–Crippen LogP) is 5.11. The molecular formula is C25H33NO3. The van der Waals surface area contributed by atoms with Crippen molar-refractivity contribution in [3.63, 3.8) is 0 Å². The number of Topliss-reactive ketones (excluding diaryl/α,β-unsaturated/α-hetero) is 1. The summed E-state index contributed by atoms with van der Waals surface area (Å²) in [7, 11) is 0. The first-order valence-electron chi connectivity index (χ1n) is 10.8. The number of rotatable bonds is 10. The van der Waals surface area contributed by atoms with Crippen molar-refractivity contribution in [2.75, 3.05) is 19.8 Å². The minimum atomic E-state index is 0.147. The zero-order chi connectivity index (χ0) is 20.5. The lowest BCUT2D eigenvalue weighted by atomic mass is 9.87. The van der Waals surface area contributed by atoms with Crippen molar-refractivity contribution < 1.29 is 14.3 Å². The van der Waals surface area contributed by atoms with Crippen LogP contribution in [-0.4, -0.2) is 36.5 Å². The smallest absolute Gasteiger partial charge is 0.170 e. The van der Waals surface area contributed by atoms with Gasteiger partial charge in [0.25, 0.3) is 0 Å². The SMILES string of the molecule is CCCOc1ccc(OCC(=O)CC2CCN(Cc3ccccc3)C(C)C2)cc1. The summed E-state index contributed by atoms with van der Waals surface area (Å²) in [5.74, 6) is 2.19. The summed E-state index contributed by atoms with van der Waals surface area (Å²) >= 11 is 0. The van der Waals surface area contributed by atoms with Gasteiger partial charge in [-0.3, -0.25) is 9.69 Å². The van der Waals surface area contributed by atoms with Crippen molar-refractivity contribution in [3.8, 4) is 11.5 Å². The third-order valence-corrected chi connectivity index (χ3v) is 5.56. The van der Waals surface area contributed by atoms with E-state index in [0.29, 0.717) is 30.7 Å². The molecule has 2 atom stereocenters. The zero-order valence-electron chi connectivity index (χ0n) is 17.7. The Morgan fingerprint density at radius 3 is 2.38 bits per heavy atom. The van der Waals surface area contributed by atoms with E-state index in [-0.39, 0.29) is 12.4 Å². The maximum Gasteiger partial charge on any atom is 0.170 e. The molecule has 1 heterocycles. The molecule has 2 aromatic rings. The summed E-state index contributed by atoms with van der Waals surface area (Å²) in [5, 5.41) is 0. The molecule has 0 aliphatic carbocycles. The maximum absolute atomic E-state index is 12.4. The van der Waals surface area contributed by atoms with Crippen LogP contribution in [0.1, 0.15) is 45.1 Å². The summed E-state index contributed by atoms with van der Waals surface area (Å²) in [6.45, 7) is 7.25. The average Bonchev–Trinajstić information content (AvgIpc) is 2.74. The Morgan fingerprint density at radius 2 is 1.72 bits per heavy atom. The second-order valence-corrected chi connectivity index (χ2v) is 8.05. The van der Waals surface area contributed by atoms with E-state index in [2.05, 4.69) is 49.1 Å². The molecule has 1 aliphatic rings. The van der Waals surface area contributed by atoms with Gasteiger partial charge in [0.1, 0.15) is 18.1 Å². The fraction of sp³-hybridized carbons (Fsp3) is 0.480. The highest BCUT2D eigenvalue weighted by molar-refractivity contribution is 5.80. The Balaban J connectivity index is 1.39. The molecule has 0 aromatic heterocycles. The molecule has 29 heavy (non-hydrogen) atoms. The van der Waals surface area contributed by atoms with Crippen molar-refractivity contribution in [2.45, 2.75) is 52.1 Å². The van der Waals surface area contributed by atoms with Crippen molar-refractivity contribution >= 4 is 5.78 Å². The molecule has 0 saturated carbocycles. The van der Waals surface area contributed by atoms with Gasteiger partial charge in [-0.25, -0.2) is 0 Å². The van der Waals surface area contributed by atoms with Gasteiger partial charge in [0.15, 0.2) is 5.78 Å². The first-order chi connectivity index (χ1) is 14.1. The van der Waals surface area contributed by atoms with E-state index < -0.39 is 0 Å². The van der Waals surface area contributed by atoms with E-state index in [1.165, 1.54) is 5.56 Å². The highest BCUT2D eigenvalue weighted by Gasteiger charge is 2.26. The van der Waals surface area contributed by atoms with Crippen molar-refractivity contribution in [1.82, 2.24) is 4.90 Å². The lowest BCUT2D eigenvalue weighted by Crippen LogP contribution is -2.40. The fourth-order valence-electron chi connectivity index (χ4n) is 3.95. The normalized spacial score (nSPS) is 19.7. The number of likely N-dealkylation sites (tertiary alicyclic amines) is 1. The van der Waals surface area contributed by atoms with Crippen molar-refractivity contribution in [3.05, 3.63) is 60.2 Å². The number of benzene rings is 2. The van der Waals surface area contributed by atoms with Crippen LogP contribution in [-0.2, 0) is 11.3 Å². The number of piperidine rings is 1. The lowest BCUT2D eigenvalue weighted by Gasteiger charge is -2.37. The molecule has 0 amide bonds. The first kappa shape index (κ1) is 21.4. The van der Waals surface area contributed by atoms with Crippen LogP contribution in [0, 0.1) is 5.92 Å². The standard InChI is InChI=1S/C25H33NO3/c1-3-15-28-24-9-11-25(12-10-24)29-19-23(27)17-22-13-14-26(20(2)16-22)18-21-7-5-4-6-8-21/h4-12,20,22H,3,13-19H2,1-2H3. The van der Waals surface area contributed by atoms with Gasteiger partial charge in [0.2, 0.25) is 0 Å². The van der Waals surface area contributed by atoms with Crippen LogP contribution in [0.25, 0.3) is 0 Å². The molecule has 1 fully saturated rings. The fourth-order valence-corrected chi connectivity index (χ4v) is 3.95. The quantitative estimate of drug-likeness (QED) is 0.560. The Labute approximate surface area is 174 Å². The number of nitrogens with zero attached hydrogens (tertiary/aromatic N) is 1. The van der Waals surface area contributed by atoms with Crippen LogP contribution in [0.2, 0.25) is 0 Å². The van der Waals surface area contributed by atoms with Gasteiger partial charge in [-0.15, -0.1) is 0 Å². The summed E-state index contributed by atoms with van der Waals surface area (Å²) in [6, 6.07) is 18.6. The van der Waals surface area contributed by atoms with Gasteiger partial charge in [-0.2, -0.15) is 0 Å². The third-order valence-electron chi connectivity index (χ3n) is 5.56. The summed E-state index contributed by atoms with van der Waals surface area (Å²) in [5.41, 5.74) is 1.35. The van der Waals surface area contributed by atoms with E-state index >= 15 is 0 Å². The van der Waals surface area contributed by atoms with Gasteiger partial charge in [-0.1, -0.05) is 37.3 Å². The monoisotopic (exact) mass is 395 g/mol. The van der Waals surface area contributed by atoms with Crippen LogP contribution in [0.5, 0.6) is 11.5 Å². The summed E-state index contributed by atoms with van der Waals surface area (Å²) in [6.07, 6.45) is 3.74. The van der Waals surface area contributed by atoms with Crippen molar-refractivity contribution in [2.24, 2.45) is 5.92 Å². The Bertz CT molecular complexity index is 744. The van der Waals surface area contributed by atoms with Gasteiger partial charge in [0, 0.05) is 19.0 Å². The first-order valence-corrected chi connectivity index (χ1v) is 10.8. The molecule has 3 rings (SSSR count). The molecule has 2 aromatic carbocycles. The number of ketones is 1. The van der Waals surface area contributed by atoms with E-state index in [4.69, 9.17) is 9.47 Å². The second-order valence-electron chi connectivity index (χ2n) is 8.05. The number of carbonyl (C=O) groups excluding carboxylic acids is 1. The molecule has 0 bridgehead atoms. The minimum absolute atomic E-state index is 0.147. The molecule has 4 heteroatoms. The largest absolute Gasteiger partial charge is 0.494 e. The molecule has 4 nitrogen and oxygen atoms in total. The Hall–Kier alpha value is -2.33. The second kappa shape index (κ2) is 11.0. The molecular weight excluding hydrogens is 362 g/mol. The minimum Gasteiger partial charge on any atom is -0.494 e. The van der Waals surface area contributed by atoms with Crippen LogP contribution >= 0.6 is 0 Å².